The third kappa shape index (κ3) is 1.76. The molecule has 0 bridgehead atoms. The van der Waals surface area contributed by atoms with Crippen LogP contribution in [0.1, 0.15) is 5.56 Å². The second-order valence-electron chi connectivity index (χ2n) is 3.15. The van der Waals surface area contributed by atoms with Crippen LogP contribution in [-0.2, 0) is 4.79 Å². The molecule has 0 saturated carbocycles. The third-order valence-electron chi connectivity index (χ3n) is 2.28. The molecule has 0 saturated heterocycles. The Balaban J connectivity index is 2.55. The highest BCUT2D eigenvalue weighted by Crippen LogP contribution is 2.24. The summed E-state index contributed by atoms with van der Waals surface area (Å²) in [5.74, 6) is 0.808. The summed E-state index contributed by atoms with van der Waals surface area (Å²) in [6.45, 7) is 0. The zero-order valence-electron chi connectivity index (χ0n) is 8.36. The fraction of sp³-hybridized carbons (Fsp3) is 0.0833. The number of aldehydes is 1. The van der Waals surface area contributed by atoms with Crippen molar-refractivity contribution >= 4 is 23.3 Å². The van der Waals surface area contributed by atoms with Crippen molar-refractivity contribution in [2.75, 3.05) is 7.11 Å². The van der Waals surface area contributed by atoms with Gasteiger partial charge in [0.05, 0.1) is 7.11 Å². The predicted molar refractivity (Wildman–Crippen MR) is 59.9 cm³/mol. The van der Waals surface area contributed by atoms with Crippen LogP contribution in [0.15, 0.2) is 30.5 Å². The molecule has 3 nitrogen and oxygen atoms in total. The SMILES string of the molecule is COc1ccc2[nH]cc(C=CC=O)c2c1. The molecule has 0 radical (unpaired) electrons. The number of hydrogen-bond donors (Lipinski definition) is 1. The normalized spacial score (nSPS) is 11.0. The number of ether oxygens (including phenoxy) is 1. The Morgan fingerprint density at radius 2 is 2.27 bits per heavy atom. The molecule has 1 aromatic heterocycles. The zero-order chi connectivity index (χ0) is 10.7. The first kappa shape index (κ1) is 9.52. The highest BCUT2D eigenvalue weighted by molar-refractivity contribution is 5.91. The number of benzene rings is 1. The zero-order valence-corrected chi connectivity index (χ0v) is 8.36. The molecule has 15 heavy (non-hydrogen) atoms. The van der Waals surface area contributed by atoms with Gasteiger partial charge < -0.3 is 9.72 Å². The van der Waals surface area contributed by atoms with Crippen molar-refractivity contribution in [1.29, 1.82) is 0 Å². The van der Waals surface area contributed by atoms with Gasteiger partial charge in [0.15, 0.2) is 0 Å². The van der Waals surface area contributed by atoms with Gasteiger partial charge in [-0.2, -0.15) is 0 Å². The standard InChI is InChI=1S/C12H11NO2/c1-15-10-4-5-12-11(7-10)9(8-13-12)3-2-6-14/h2-8,13H,1H3. The Hall–Kier alpha value is -2.03. The number of aromatic nitrogens is 1. The van der Waals surface area contributed by atoms with Crippen molar-refractivity contribution in [1.82, 2.24) is 4.98 Å². The van der Waals surface area contributed by atoms with Gasteiger partial charge >= 0.3 is 0 Å². The lowest BCUT2D eigenvalue weighted by Gasteiger charge is -1.99. The van der Waals surface area contributed by atoms with Gasteiger partial charge in [-0.1, -0.05) is 0 Å². The van der Waals surface area contributed by atoms with Gasteiger partial charge in [0, 0.05) is 17.1 Å². The molecule has 3 heteroatoms. The Morgan fingerprint density at radius 1 is 1.40 bits per heavy atom. The van der Waals surface area contributed by atoms with Crippen molar-refractivity contribution in [3.05, 3.63) is 36.0 Å². The summed E-state index contributed by atoms with van der Waals surface area (Å²) in [6, 6.07) is 5.79. The number of methoxy groups -OCH3 is 1. The van der Waals surface area contributed by atoms with E-state index in [1.54, 1.807) is 13.2 Å². The maximum absolute atomic E-state index is 10.2. The van der Waals surface area contributed by atoms with Crippen molar-refractivity contribution in [2.24, 2.45) is 0 Å². The minimum absolute atomic E-state index is 0.763. The molecular weight excluding hydrogens is 190 g/mol. The lowest BCUT2D eigenvalue weighted by Crippen LogP contribution is -1.81. The minimum atomic E-state index is 0.763. The van der Waals surface area contributed by atoms with E-state index >= 15 is 0 Å². The number of allylic oxidation sites excluding steroid dienone is 1. The smallest absolute Gasteiger partial charge is 0.142 e. The van der Waals surface area contributed by atoms with E-state index in [9.17, 15) is 4.79 Å². The molecule has 2 rings (SSSR count). The number of hydrogen-bond acceptors (Lipinski definition) is 2. The Bertz CT molecular complexity index is 511. The van der Waals surface area contributed by atoms with Crippen LogP contribution in [-0.4, -0.2) is 18.4 Å². The number of fused-ring (bicyclic) bond motifs is 1. The Labute approximate surface area is 87.4 Å². The third-order valence-corrected chi connectivity index (χ3v) is 2.28. The summed E-state index contributed by atoms with van der Waals surface area (Å²) in [6.07, 6.45) is 5.87. The highest BCUT2D eigenvalue weighted by atomic mass is 16.5. The van der Waals surface area contributed by atoms with Crippen LogP contribution >= 0.6 is 0 Å². The molecule has 0 aliphatic heterocycles. The van der Waals surface area contributed by atoms with E-state index in [1.165, 1.54) is 6.08 Å². The van der Waals surface area contributed by atoms with Gasteiger partial charge in [-0.15, -0.1) is 0 Å². The van der Waals surface area contributed by atoms with Gasteiger partial charge in [-0.3, -0.25) is 4.79 Å². The summed E-state index contributed by atoms with van der Waals surface area (Å²) in [5.41, 5.74) is 2.01. The molecule has 0 aliphatic carbocycles. The average Bonchev–Trinajstić information content (AvgIpc) is 2.68. The molecule has 0 amide bonds. The number of aromatic amines is 1. The van der Waals surface area contributed by atoms with Gasteiger partial charge in [0.25, 0.3) is 0 Å². The molecule has 0 atom stereocenters. The monoisotopic (exact) mass is 201 g/mol. The van der Waals surface area contributed by atoms with Crippen LogP contribution < -0.4 is 4.74 Å². The van der Waals surface area contributed by atoms with E-state index in [-0.39, 0.29) is 0 Å². The van der Waals surface area contributed by atoms with E-state index in [1.807, 2.05) is 24.4 Å². The van der Waals surface area contributed by atoms with Crippen LogP contribution in [0.2, 0.25) is 0 Å². The van der Waals surface area contributed by atoms with E-state index in [0.29, 0.717) is 0 Å². The molecule has 2 aromatic rings. The largest absolute Gasteiger partial charge is 0.497 e. The van der Waals surface area contributed by atoms with E-state index in [2.05, 4.69) is 4.98 Å². The number of carbonyl (C=O) groups is 1. The lowest BCUT2D eigenvalue weighted by atomic mass is 10.1. The van der Waals surface area contributed by atoms with Gasteiger partial charge in [0.1, 0.15) is 12.0 Å². The Morgan fingerprint density at radius 3 is 3.00 bits per heavy atom. The molecule has 0 aliphatic rings. The highest BCUT2D eigenvalue weighted by Gasteiger charge is 2.01. The lowest BCUT2D eigenvalue weighted by molar-refractivity contribution is -0.104. The van der Waals surface area contributed by atoms with E-state index in [4.69, 9.17) is 4.74 Å². The predicted octanol–water partition coefficient (Wildman–Crippen LogP) is 2.39. The minimum Gasteiger partial charge on any atom is -0.497 e. The number of carbonyl (C=O) groups excluding carboxylic acids is 1. The van der Waals surface area contributed by atoms with Gasteiger partial charge in [0.2, 0.25) is 0 Å². The van der Waals surface area contributed by atoms with Gasteiger partial charge in [-0.25, -0.2) is 0 Å². The fourth-order valence-electron chi connectivity index (χ4n) is 1.53. The summed E-state index contributed by atoms with van der Waals surface area (Å²) >= 11 is 0. The quantitative estimate of drug-likeness (QED) is 0.612. The molecule has 76 valence electrons. The first-order valence-corrected chi connectivity index (χ1v) is 4.62. The number of H-pyrrole nitrogens is 1. The maximum atomic E-state index is 10.2. The average molecular weight is 201 g/mol. The number of nitrogens with one attached hydrogen (secondary N) is 1. The molecule has 1 heterocycles. The number of rotatable bonds is 3. The molecule has 0 unspecified atom stereocenters. The molecule has 0 spiro atoms. The topological polar surface area (TPSA) is 42.1 Å². The van der Waals surface area contributed by atoms with Crippen LogP contribution in [0.5, 0.6) is 5.75 Å². The van der Waals surface area contributed by atoms with E-state index < -0.39 is 0 Å². The van der Waals surface area contributed by atoms with Gasteiger partial charge in [-0.05, 0) is 35.9 Å². The molecule has 1 aromatic carbocycles. The van der Waals surface area contributed by atoms with Crippen molar-refractivity contribution in [2.45, 2.75) is 0 Å². The second-order valence-corrected chi connectivity index (χ2v) is 3.15. The molecule has 0 fully saturated rings. The van der Waals surface area contributed by atoms with E-state index in [0.717, 1.165) is 28.5 Å². The molecular formula is C12H11NO2. The fourth-order valence-corrected chi connectivity index (χ4v) is 1.53. The van der Waals surface area contributed by atoms with Crippen LogP contribution in [0, 0.1) is 0 Å². The molecule has 1 N–H and O–H groups in total. The summed E-state index contributed by atoms with van der Waals surface area (Å²) in [4.78, 5) is 13.4. The summed E-state index contributed by atoms with van der Waals surface area (Å²) < 4.78 is 5.14. The van der Waals surface area contributed by atoms with Crippen LogP contribution in [0.3, 0.4) is 0 Å². The Kier molecular flexibility index (Phi) is 2.54. The first-order chi connectivity index (χ1) is 7.35. The van der Waals surface area contributed by atoms with Crippen LogP contribution in [0.4, 0.5) is 0 Å². The first-order valence-electron chi connectivity index (χ1n) is 4.62. The van der Waals surface area contributed by atoms with Crippen LogP contribution in [0.25, 0.3) is 17.0 Å². The summed E-state index contributed by atoms with van der Waals surface area (Å²) in [5, 5.41) is 1.05. The van der Waals surface area contributed by atoms with Crippen molar-refractivity contribution in [3.63, 3.8) is 0 Å². The van der Waals surface area contributed by atoms with Crippen molar-refractivity contribution < 1.29 is 9.53 Å². The summed E-state index contributed by atoms with van der Waals surface area (Å²) in [7, 11) is 1.63. The second kappa shape index (κ2) is 4.00. The maximum Gasteiger partial charge on any atom is 0.142 e. The van der Waals surface area contributed by atoms with Crippen molar-refractivity contribution in [3.8, 4) is 5.75 Å².